The molecule has 120 valence electrons. The molecule has 0 atom stereocenters. The van der Waals surface area contributed by atoms with Crippen LogP contribution in [0.5, 0.6) is 0 Å². The van der Waals surface area contributed by atoms with Gasteiger partial charge in [0.2, 0.25) is 0 Å². The predicted octanol–water partition coefficient (Wildman–Crippen LogP) is 2.59. The van der Waals surface area contributed by atoms with E-state index >= 15 is 0 Å². The molecule has 0 aliphatic carbocycles. The largest absolute Gasteiger partial charge is 0.339 e. The predicted molar refractivity (Wildman–Crippen MR) is 87.9 cm³/mol. The number of piperidine rings is 1. The standard InChI is InChI=1S/C18H27N3O/c1-3-4-16-13-15(5-9-19-16)17(22)21-11-7-18(8-12-21)6-10-20(2)14-18/h5,9,13H,3-4,6-8,10-12,14H2,1-2H3. The van der Waals surface area contributed by atoms with Gasteiger partial charge < -0.3 is 9.80 Å². The zero-order valence-electron chi connectivity index (χ0n) is 13.8. The van der Waals surface area contributed by atoms with Gasteiger partial charge in [0.25, 0.3) is 5.91 Å². The van der Waals surface area contributed by atoms with Crippen LogP contribution >= 0.6 is 0 Å². The Bertz CT molecular complexity index is 535. The number of hydrogen-bond donors (Lipinski definition) is 0. The van der Waals surface area contributed by atoms with Gasteiger partial charge in [-0.15, -0.1) is 0 Å². The number of likely N-dealkylation sites (tertiary alicyclic amines) is 2. The first-order valence-electron chi connectivity index (χ1n) is 8.55. The molecule has 22 heavy (non-hydrogen) atoms. The van der Waals surface area contributed by atoms with Gasteiger partial charge >= 0.3 is 0 Å². The molecule has 0 radical (unpaired) electrons. The van der Waals surface area contributed by atoms with E-state index in [-0.39, 0.29) is 5.91 Å². The van der Waals surface area contributed by atoms with E-state index in [1.807, 2.05) is 17.0 Å². The number of aromatic nitrogens is 1. The first-order chi connectivity index (χ1) is 10.6. The molecule has 2 aliphatic rings. The van der Waals surface area contributed by atoms with Gasteiger partial charge in [-0.05, 0) is 56.8 Å². The van der Waals surface area contributed by atoms with Gasteiger partial charge in [-0.3, -0.25) is 9.78 Å². The molecular weight excluding hydrogens is 274 g/mol. The number of carbonyl (C=O) groups excluding carboxylic acids is 1. The highest BCUT2D eigenvalue weighted by molar-refractivity contribution is 5.94. The van der Waals surface area contributed by atoms with Crippen molar-refractivity contribution in [3.8, 4) is 0 Å². The summed E-state index contributed by atoms with van der Waals surface area (Å²) in [6.07, 6.45) is 7.37. The van der Waals surface area contributed by atoms with Crippen LogP contribution in [0.1, 0.15) is 48.7 Å². The Kier molecular flexibility index (Phi) is 4.48. The van der Waals surface area contributed by atoms with E-state index in [4.69, 9.17) is 0 Å². The molecule has 2 aliphatic heterocycles. The summed E-state index contributed by atoms with van der Waals surface area (Å²) in [6, 6.07) is 3.83. The smallest absolute Gasteiger partial charge is 0.253 e. The SMILES string of the molecule is CCCc1cc(C(=O)N2CCC3(CCN(C)C3)CC2)ccn1. The Morgan fingerprint density at radius 1 is 1.27 bits per heavy atom. The summed E-state index contributed by atoms with van der Waals surface area (Å²) in [5, 5.41) is 0. The van der Waals surface area contributed by atoms with E-state index in [1.54, 1.807) is 6.20 Å². The molecule has 4 nitrogen and oxygen atoms in total. The van der Waals surface area contributed by atoms with Gasteiger partial charge in [0.1, 0.15) is 0 Å². The molecule has 2 saturated heterocycles. The molecule has 3 rings (SSSR count). The van der Waals surface area contributed by atoms with E-state index in [0.29, 0.717) is 5.41 Å². The van der Waals surface area contributed by atoms with Crippen LogP contribution in [-0.4, -0.2) is 53.9 Å². The minimum atomic E-state index is 0.181. The molecule has 0 N–H and O–H groups in total. The third-order valence-electron chi connectivity index (χ3n) is 5.31. The van der Waals surface area contributed by atoms with Gasteiger partial charge in [0, 0.05) is 37.1 Å². The van der Waals surface area contributed by atoms with Crippen molar-refractivity contribution >= 4 is 5.91 Å². The Labute approximate surface area is 133 Å². The summed E-state index contributed by atoms with van der Waals surface area (Å²) in [7, 11) is 2.21. The van der Waals surface area contributed by atoms with Crippen molar-refractivity contribution in [1.29, 1.82) is 0 Å². The highest BCUT2D eigenvalue weighted by atomic mass is 16.2. The summed E-state index contributed by atoms with van der Waals surface area (Å²) >= 11 is 0. The van der Waals surface area contributed by atoms with Crippen LogP contribution in [0.25, 0.3) is 0 Å². The van der Waals surface area contributed by atoms with Gasteiger partial charge in [0.15, 0.2) is 0 Å². The van der Waals surface area contributed by atoms with Crippen molar-refractivity contribution in [2.24, 2.45) is 5.41 Å². The fourth-order valence-electron chi connectivity index (χ4n) is 3.94. The summed E-state index contributed by atoms with van der Waals surface area (Å²) in [4.78, 5) is 21.5. The monoisotopic (exact) mass is 301 g/mol. The maximum absolute atomic E-state index is 12.7. The summed E-state index contributed by atoms with van der Waals surface area (Å²) in [6.45, 7) is 6.35. The maximum atomic E-state index is 12.7. The molecule has 1 aromatic rings. The zero-order chi connectivity index (χ0) is 15.6. The van der Waals surface area contributed by atoms with Crippen LogP contribution in [0, 0.1) is 5.41 Å². The van der Waals surface area contributed by atoms with Crippen molar-refractivity contribution < 1.29 is 4.79 Å². The molecule has 0 bridgehead atoms. The van der Waals surface area contributed by atoms with Crippen molar-refractivity contribution in [3.05, 3.63) is 29.6 Å². The summed E-state index contributed by atoms with van der Waals surface area (Å²) in [5.74, 6) is 0.181. The first kappa shape index (κ1) is 15.5. The van der Waals surface area contributed by atoms with Crippen molar-refractivity contribution in [2.75, 3.05) is 33.2 Å². The van der Waals surface area contributed by atoms with E-state index in [1.165, 1.54) is 19.5 Å². The highest BCUT2D eigenvalue weighted by Crippen LogP contribution is 2.39. The minimum Gasteiger partial charge on any atom is -0.339 e. The first-order valence-corrected chi connectivity index (χ1v) is 8.55. The zero-order valence-corrected chi connectivity index (χ0v) is 13.8. The lowest BCUT2D eigenvalue weighted by molar-refractivity contribution is 0.0593. The number of hydrogen-bond acceptors (Lipinski definition) is 3. The number of nitrogens with zero attached hydrogens (tertiary/aromatic N) is 3. The van der Waals surface area contributed by atoms with Crippen molar-refractivity contribution in [1.82, 2.24) is 14.8 Å². The second-order valence-corrected chi connectivity index (χ2v) is 7.07. The molecule has 2 fully saturated rings. The number of rotatable bonds is 3. The topological polar surface area (TPSA) is 36.4 Å². The number of carbonyl (C=O) groups is 1. The minimum absolute atomic E-state index is 0.181. The molecule has 0 aromatic carbocycles. The molecular formula is C18H27N3O. The van der Waals surface area contributed by atoms with Gasteiger partial charge in [-0.2, -0.15) is 0 Å². The lowest BCUT2D eigenvalue weighted by Gasteiger charge is -2.39. The van der Waals surface area contributed by atoms with Crippen LogP contribution in [-0.2, 0) is 6.42 Å². The lowest BCUT2D eigenvalue weighted by Crippen LogP contribution is -2.44. The Morgan fingerprint density at radius 2 is 2.00 bits per heavy atom. The van der Waals surface area contributed by atoms with Crippen LogP contribution < -0.4 is 0 Å². The molecule has 3 heterocycles. The fourth-order valence-corrected chi connectivity index (χ4v) is 3.94. The molecule has 1 amide bonds. The normalized spacial score (nSPS) is 21.5. The van der Waals surface area contributed by atoms with Crippen molar-refractivity contribution in [2.45, 2.75) is 39.0 Å². The average Bonchev–Trinajstić information content (AvgIpc) is 2.89. The van der Waals surface area contributed by atoms with Gasteiger partial charge in [-0.25, -0.2) is 0 Å². The molecule has 1 aromatic heterocycles. The number of pyridine rings is 1. The lowest BCUT2D eigenvalue weighted by atomic mass is 9.77. The summed E-state index contributed by atoms with van der Waals surface area (Å²) < 4.78 is 0. The molecule has 0 saturated carbocycles. The quantitative estimate of drug-likeness (QED) is 0.861. The van der Waals surface area contributed by atoms with Crippen LogP contribution in [0.2, 0.25) is 0 Å². The number of aryl methyl sites for hydroxylation is 1. The Morgan fingerprint density at radius 3 is 2.64 bits per heavy atom. The van der Waals surface area contributed by atoms with E-state index in [9.17, 15) is 4.79 Å². The number of amides is 1. The van der Waals surface area contributed by atoms with E-state index in [2.05, 4.69) is 23.9 Å². The highest BCUT2D eigenvalue weighted by Gasteiger charge is 2.40. The Balaban J connectivity index is 1.63. The van der Waals surface area contributed by atoms with Crippen molar-refractivity contribution in [3.63, 3.8) is 0 Å². The second kappa shape index (κ2) is 6.37. The molecule has 1 spiro atoms. The average molecular weight is 301 g/mol. The van der Waals surface area contributed by atoms with Gasteiger partial charge in [-0.1, -0.05) is 13.3 Å². The third kappa shape index (κ3) is 3.17. The second-order valence-electron chi connectivity index (χ2n) is 7.07. The van der Waals surface area contributed by atoms with E-state index < -0.39 is 0 Å². The fraction of sp³-hybridized carbons (Fsp3) is 0.667. The maximum Gasteiger partial charge on any atom is 0.253 e. The van der Waals surface area contributed by atoms with Gasteiger partial charge in [0.05, 0.1) is 0 Å². The molecule has 4 heteroatoms. The third-order valence-corrected chi connectivity index (χ3v) is 5.31. The Hall–Kier alpha value is -1.42. The summed E-state index contributed by atoms with van der Waals surface area (Å²) in [5.41, 5.74) is 2.30. The van der Waals surface area contributed by atoms with E-state index in [0.717, 1.165) is 50.0 Å². The van der Waals surface area contributed by atoms with Crippen LogP contribution in [0.15, 0.2) is 18.3 Å². The van der Waals surface area contributed by atoms with Crippen LogP contribution in [0.4, 0.5) is 0 Å². The molecule has 0 unspecified atom stereocenters. The van der Waals surface area contributed by atoms with Crippen LogP contribution in [0.3, 0.4) is 0 Å².